The lowest BCUT2D eigenvalue weighted by molar-refractivity contribution is -0.134. The molecule has 1 aliphatic heterocycles. The van der Waals surface area contributed by atoms with Crippen LogP contribution in [0.3, 0.4) is 0 Å². The van der Waals surface area contributed by atoms with E-state index in [2.05, 4.69) is 4.98 Å². The van der Waals surface area contributed by atoms with Gasteiger partial charge in [-0.2, -0.15) is 0 Å². The highest BCUT2D eigenvalue weighted by Gasteiger charge is 2.37. The predicted molar refractivity (Wildman–Crippen MR) is 115 cm³/mol. The quantitative estimate of drug-likeness (QED) is 0.565. The minimum atomic E-state index is -0.459. The molecule has 1 atom stereocenters. The molecule has 1 unspecified atom stereocenters. The highest BCUT2D eigenvalue weighted by atomic mass is 35.5. The Morgan fingerprint density at radius 1 is 1.29 bits per heavy atom. The standard InChI is InChI=1S/C20H18ClN3O2S2/c1-23(16-10-11-24(19(16)26)15-8-4-2-6-13(15)21)18(25)12-27-20-22-14-7-3-5-9-17(14)28-20/h2-9,16H,10-12H2,1H3. The van der Waals surface area contributed by atoms with Crippen LogP contribution in [0.2, 0.25) is 5.02 Å². The molecule has 4 rings (SSSR count). The Kier molecular flexibility index (Phi) is 5.57. The molecule has 1 fully saturated rings. The van der Waals surface area contributed by atoms with Crippen molar-refractivity contribution in [1.29, 1.82) is 0 Å². The van der Waals surface area contributed by atoms with Crippen molar-refractivity contribution < 1.29 is 9.59 Å². The minimum absolute atomic E-state index is 0.0800. The van der Waals surface area contributed by atoms with Crippen LogP contribution in [0.25, 0.3) is 10.2 Å². The lowest BCUT2D eigenvalue weighted by atomic mass is 10.2. The highest BCUT2D eigenvalue weighted by molar-refractivity contribution is 8.01. The van der Waals surface area contributed by atoms with Gasteiger partial charge in [0, 0.05) is 13.6 Å². The van der Waals surface area contributed by atoms with Crippen molar-refractivity contribution in [2.45, 2.75) is 16.8 Å². The van der Waals surface area contributed by atoms with Gasteiger partial charge in [0.25, 0.3) is 0 Å². The van der Waals surface area contributed by atoms with Crippen molar-refractivity contribution in [2.75, 3.05) is 24.2 Å². The fourth-order valence-corrected chi connectivity index (χ4v) is 5.48. The Morgan fingerprint density at radius 2 is 2.04 bits per heavy atom. The average Bonchev–Trinajstić information content (AvgIpc) is 3.29. The number of hydrogen-bond donors (Lipinski definition) is 0. The first kappa shape index (κ1) is 19.2. The molecule has 0 saturated carbocycles. The Bertz CT molecular complexity index is 1010. The Hall–Kier alpha value is -2.09. The summed E-state index contributed by atoms with van der Waals surface area (Å²) < 4.78 is 1.96. The number of anilines is 1. The van der Waals surface area contributed by atoms with E-state index in [0.29, 0.717) is 23.7 Å². The molecule has 2 heterocycles. The fraction of sp³-hybridized carbons (Fsp3) is 0.250. The van der Waals surface area contributed by atoms with Crippen LogP contribution < -0.4 is 4.90 Å². The van der Waals surface area contributed by atoms with E-state index < -0.39 is 6.04 Å². The van der Waals surface area contributed by atoms with E-state index in [1.165, 1.54) is 11.8 Å². The van der Waals surface area contributed by atoms with E-state index in [-0.39, 0.29) is 17.6 Å². The molecule has 2 aromatic carbocycles. The first-order valence-electron chi connectivity index (χ1n) is 8.84. The number of hydrogen-bond acceptors (Lipinski definition) is 5. The second-order valence-electron chi connectivity index (χ2n) is 6.49. The molecular weight excluding hydrogens is 414 g/mol. The molecule has 0 radical (unpaired) electrons. The van der Waals surface area contributed by atoms with E-state index in [4.69, 9.17) is 11.6 Å². The summed E-state index contributed by atoms with van der Waals surface area (Å²) in [5.41, 5.74) is 1.64. The molecule has 0 N–H and O–H groups in total. The van der Waals surface area contributed by atoms with Gasteiger partial charge in [-0.15, -0.1) is 11.3 Å². The lowest BCUT2D eigenvalue weighted by Gasteiger charge is -2.24. The second kappa shape index (κ2) is 8.11. The van der Waals surface area contributed by atoms with Crippen LogP contribution >= 0.6 is 34.7 Å². The number of rotatable bonds is 5. The van der Waals surface area contributed by atoms with Gasteiger partial charge in [-0.05, 0) is 30.7 Å². The summed E-state index contributed by atoms with van der Waals surface area (Å²) in [4.78, 5) is 33.3. The number of fused-ring (bicyclic) bond motifs is 1. The number of nitrogens with zero attached hydrogens (tertiary/aromatic N) is 3. The molecule has 5 nitrogen and oxygen atoms in total. The molecule has 1 aliphatic rings. The summed E-state index contributed by atoms with van der Waals surface area (Å²) in [5, 5.41) is 0.539. The number of thiazole rings is 1. The first-order chi connectivity index (χ1) is 13.5. The summed E-state index contributed by atoms with van der Waals surface area (Å²) in [6, 6.07) is 14.7. The SMILES string of the molecule is CN(C(=O)CSc1nc2ccccc2s1)C1CCN(c2ccccc2Cl)C1=O. The summed E-state index contributed by atoms with van der Waals surface area (Å²) in [7, 11) is 1.69. The third kappa shape index (κ3) is 3.74. The fourth-order valence-electron chi connectivity index (χ4n) is 3.25. The molecule has 2 amide bonds. The van der Waals surface area contributed by atoms with E-state index >= 15 is 0 Å². The van der Waals surface area contributed by atoms with Crippen LogP contribution in [0.5, 0.6) is 0 Å². The number of aromatic nitrogens is 1. The normalized spacial score (nSPS) is 16.7. The molecule has 144 valence electrons. The third-order valence-corrected chi connectivity index (χ3v) is 7.26. The Balaban J connectivity index is 1.39. The van der Waals surface area contributed by atoms with Gasteiger partial charge in [-0.1, -0.05) is 47.6 Å². The summed E-state index contributed by atoms with van der Waals surface area (Å²) in [6.45, 7) is 0.551. The maximum absolute atomic E-state index is 12.9. The number of benzene rings is 2. The number of carbonyl (C=O) groups excluding carboxylic acids is 2. The molecule has 0 aliphatic carbocycles. The number of carbonyl (C=O) groups is 2. The minimum Gasteiger partial charge on any atom is -0.333 e. The number of likely N-dealkylation sites (N-methyl/N-ethyl adjacent to an activating group) is 1. The largest absolute Gasteiger partial charge is 0.333 e. The van der Waals surface area contributed by atoms with Crippen molar-refractivity contribution in [3.05, 3.63) is 53.6 Å². The number of halogens is 1. The summed E-state index contributed by atoms with van der Waals surface area (Å²) >= 11 is 9.21. The maximum Gasteiger partial charge on any atom is 0.249 e. The zero-order chi connectivity index (χ0) is 19.7. The number of amides is 2. The molecule has 3 aromatic rings. The Morgan fingerprint density at radius 3 is 2.82 bits per heavy atom. The first-order valence-corrected chi connectivity index (χ1v) is 11.0. The molecule has 8 heteroatoms. The van der Waals surface area contributed by atoms with Crippen molar-refractivity contribution in [1.82, 2.24) is 9.88 Å². The van der Waals surface area contributed by atoms with Crippen LogP contribution in [0.15, 0.2) is 52.9 Å². The van der Waals surface area contributed by atoms with Crippen molar-refractivity contribution in [3.8, 4) is 0 Å². The van der Waals surface area contributed by atoms with Gasteiger partial charge in [0.2, 0.25) is 11.8 Å². The van der Waals surface area contributed by atoms with Gasteiger partial charge in [0.15, 0.2) is 4.34 Å². The van der Waals surface area contributed by atoms with Gasteiger partial charge >= 0.3 is 0 Å². The number of thioether (sulfide) groups is 1. The average molecular weight is 432 g/mol. The van der Waals surface area contributed by atoms with Crippen molar-refractivity contribution >= 4 is 62.4 Å². The third-order valence-electron chi connectivity index (χ3n) is 4.77. The van der Waals surface area contributed by atoms with E-state index in [1.54, 1.807) is 34.3 Å². The molecule has 0 bridgehead atoms. The van der Waals surface area contributed by atoms with Gasteiger partial charge in [-0.3, -0.25) is 9.59 Å². The van der Waals surface area contributed by atoms with Crippen molar-refractivity contribution in [2.24, 2.45) is 0 Å². The van der Waals surface area contributed by atoms with Gasteiger partial charge in [0.1, 0.15) is 6.04 Å². The van der Waals surface area contributed by atoms with Crippen LogP contribution in [0.4, 0.5) is 5.69 Å². The topological polar surface area (TPSA) is 53.5 Å². The van der Waals surface area contributed by atoms with Gasteiger partial charge in [0.05, 0.1) is 26.7 Å². The molecule has 28 heavy (non-hydrogen) atoms. The van der Waals surface area contributed by atoms with Crippen LogP contribution in [0.1, 0.15) is 6.42 Å². The zero-order valence-corrected chi connectivity index (χ0v) is 17.6. The zero-order valence-electron chi connectivity index (χ0n) is 15.2. The predicted octanol–water partition coefficient (Wildman–Crippen LogP) is 4.31. The molecule has 1 aromatic heterocycles. The summed E-state index contributed by atoms with van der Waals surface area (Å²) in [5.74, 6) is 0.0872. The van der Waals surface area contributed by atoms with Gasteiger partial charge in [-0.25, -0.2) is 4.98 Å². The van der Waals surface area contributed by atoms with Gasteiger partial charge < -0.3 is 9.80 Å². The molecular formula is C20H18ClN3O2S2. The van der Waals surface area contributed by atoms with E-state index in [9.17, 15) is 9.59 Å². The smallest absolute Gasteiger partial charge is 0.249 e. The Labute approximate surface area is 176 Å². The summed E-state index contributed by atoms with van der Waals surface area (Å²) in [6.07, 6.45) is 0.595. The van der Waals surface area contributed by atoms with E-state index in [0.717, 1.165) is 14.6 Å². The highest BCUT2D eigenvalue weighted by Crippen LogP contribution is 2.32. The van der Waals surface area contributed by atoms with Crippen LogP contribution in [-0.4, -0.2) is 47.1 Å². The molecule has 0 spiro atoms. The molecule has 1 saturated heterocycles. The van der Waals surface area contributed by atoms with Crippen LogP contribution in [0, 0.1) is 0 Å². The second-order valence-corrected chi connectivity index (χ2v) is 9.15. The van der Waals surface area contributed by atoms with E-state index in [1.807, 2.05) is 42.5 Å². The lowest BCUT2D eigenvalue weighted by Crippen LogP contribution is -2.43. The van der Waals surface area contributed by atoms with Crippen molar-refractivity contribution in [3.63, 3.8) is 0 Å². The number of para-hydroxylation sites is 2. The van der Waals surface area contributed by atoms with Crippen LogP contribution in [-0.2, 0) is 9.59 Å². The monoisotopic (exact) mass is 431 g/mol. The maximum atomic E-state index is 12.9.